The van der Waals surface area contributed by atoms with E-state index >= 15 is 0 Å². The molecule has 4 unspecified atom stereocenters. The number of Topliss-reactive ketones (excluding diaryl/α,β-unsaturated/α-hetero) is 1. The highest BCUT2D eigenvalue weighted by molar-refractivity contribution is 8.00. The van der Waals surface area contributed by atoms with Crippen molar-refractivity contribution in [3.63, 3.8) is 0 Å². The number of fused-ring (bicyclic) bond motifs is 10. The van der Waals surface area contributed by atoms with Gasteiger partial charge in [-0.05, 0) is 44.9 Å². The van der Waals surface area contributed by atoms with Crippen molar-refractivity contribution >= 4 is 29.5 Å². The molecule has 46 heavy (non-hydrogen) atoms. The number of carbonyl (C=O) groups is 3. The zero-order chi connectivity index (χ0) is 32.2. The van der Waals surface area contributed by atoms with Crippen LogP contribution < -0.4 is 18.9 Å². The molecule has 0 radical (unpaired) electrons. The van der Waals surface area contributed by atoms with Gasteiger partial charge >= 0.3 is 11.9 Å². The van der Waals surface area contributed by atoms with Gasteiger partial charge in [-0.2, -0.15) is 5.26 Å². The first-order chi connectivity index (χ1) is 22.0. The summed E-state index contributed by atoms with van der Waals surface area (Å²) in [5.74, 6) is -1.04. The number of hydrogen-bond donors (Lipinski definition) is 1. The second-order valence-electron chi connectivity index (χ2n) is 13.4. The molecule has 2 aliphatic carbocycles. The fraction of sp³-hybridized carbons (Fsp3) is 0.515. The first-order valence-corrected chi connectivity index (χ1v) is 16.4. The van der Waals surface area contributed by atoms with E-state index < -0.39 is 52.2 Å². The molecule has 8 atom stereocenters. The lowest BCUT2D eigenvalue weighted by molar-refractivity contribution is -0.181. The molecule has 13 heteroatoms. The maximum absolute atomic E-state index is 13.5. The van der Waals surface area contributed by atoms with E-state index in [0.717, 1.165) is 11.1 Å². The Morgan fingerprint density at radius 2 is 1.96 bits per heavy atom. The number of rotatable bonds is 2. The predicted octanol–water partition coefficient (Wildman–Crippen LogP) is 2.51. The number of esters is 2. The molecule has 12 nitrogen and oxygen atoms in total. The number of ketones is 1. The molecule has 2 aromatic carbocycles. The molecule has 0 amide bonds. The van der Waals surface area contributed by atoms with Gasteiger partial charge in [0.1, 0.15) is 11.8 Å². The number of aromatic hydroxyl groups is 1. The monoisotopic (exact) mass is 645 g/mol. The van der Waals surface area contributed by atoms with Gasteiger partial charge in [0.2, 0.25) is 12.6 Å². The highest BCUT2D eigenvalue weighted by Crippen LogP contribution is 2.82. The standard InChI is InChI=1S/C33H31N3O9S/c1-12-6-15-7-16-17(9-34)36-24(23(35(16)4)20(15)25(39)26(12)41-5)30-33(45-31(40)18(38)10-46-30)19-8-32(19,36)21-22(33)27(44-14(3)37)13(2)28-29(21)43-11-42-28/h6,16-17,19,23-24,30,39H,7-8,10-11H2,1-5H3/t16-,17-,19?,23+,24?,30-,32?,33?/m0/s1. The number of methoxy groups -OCH3 is 1. The molecule has 5 heterocycles. The minimum atomic E-state index is -1.39. The summed E-state index contributed by atoms with van der Waals surface area (Å²) in [6.45, 7) is 4.92. The van der Waals surface area contributed by atoms with Gasteiger partial charge in [-0.1, -0.05) is 6.07 Å². The summed E-state index contributed by atoms with van der Waals surface area (Å²) in [6, 6.07) is 2.84. The van der Waals surface area contributed by atoms with Gasteiger partial charge in [0.15, 0.2) is 28.6 Å². The van der Waals surface area contributed by atoms with Crippen molar-refractivity contribution in [2.75, 3.05) is 26.7 Å². The normalized spacial score (nSPS) is 35.8. The van der Waals surface area contributed by atoms with E-state index in [9.17, 15) is 24.8 Å². The summed E-state index contributed by atoms with van der Waals surface area (Å²) in [5, 5.41) is 22.2. The smallest absolute Gasteiger partial charge is 0.376 e. The van der Waals surface area contributed by atoms with Crippen LogP contribution >= 0.6 is 11.8 Å². The molecule has 1 spiro atoms. The first kappa shape index (κ1) is 28.3. The Kier molecular flexibility index (Phi) is 5.45. The number of thioether (sulfide) groups is 1. The lowest BCUT2D eigenvalue weighted by Crippen LogP contribution is -2.73. The number of carbonyl (C=O) groups excluding carboxylic acids is 3. The number of nitriles is 1. The third kappa shape index (κ3) is 2.98. The number of hydrogen-bond acceptors (Lipinski definition) is 13. The summed E-state index contributed by atoms with van der Waals surface area (Å²) in [7, 11) is 3.49. The molecule has 2 aromatic rings. The fourth-order valence-electron chi connectivity index (χ4n) is 10.0. The Morgan fingerprint density at radius 3 is 2.67 bits per heavy atom. The summed E-state index contributed by atoms with van der Waals surface area (Å²) < 4.78 is 30.2. The zero-order valence-corrected chi connectivity index (χ0v) is 26.6. The number of piperazine rings is 1. The Bertz CT molecular complexity index is 1890. The summed E-state index contributed by atoms with van der Waals surface area (Å²) in [6.07, 6.45) is 1.06. The van der Waals surface area contributed by atoms with Gasteiger partial charge in [0, 0.05) is 47.2 Å². The van der Waals surface area contributed by atoms with Crippen LogP contribution in [0, 0.1) is 31.1 Å². The number of piperidine rings is 1. The molecule has 1 saturated carbocycles. The van der Waals surface area contributed by atoms with E-state index in [1.54, 1.807) is 6.92 Å². The maximum Gasteiger partial charge on any atom is 0.376 e. The Labute approximate surface area is 268 Å². The Hall–Kier alpha value is -3.99. The van der Waals surface area contributed by atoms with Gasteiger partial charge in [-0.15, -0.1) is 11.8 Å². The number of ether oxygens (including phenoxy) is 5. The van der Waals surface area contributed by atoms with Crippen molar-refractivity contribution in [1.82, 2.24) is 9.80 Å². The second-order valence-corrected chi connectivity index (χ2v) is 14.5. The largest absolute Gasteiger partial charge is 0.504 e. The van der Waals surface area contributed by atoms with Crippen molar-refractivity contribution in [3.8, 4) is 34.8 Å². The Morgan fingerprint density at radius 1 is 1.20 bits per heavy atom. The molecule has 238 valence electrons. The van der Waals surface area contributed by atoms with Crippen LogP contribution in [0.1, 0.15) is 52.8 Å². The van der Waals surface area contributed by atoms with Crippen LogP contribution in [-0.4, -0.2) is 82.7 Å². The highest BCUT2D eigenvalue weighted by Gasteiger charge is 2.87. The third-order valence-corrected chi connectivity index (χ3v) is 12.9. The van der Waals surface area contributed by atoms with Gasteiger partial charge < -0.3 is 28.8 Å². The predicted molar refractivity (Wildman–Crippen MR) is 160 cm³/mol. The van der Waals surface area contributed by atoms with E-state index in [4.69, 9.17) is 23.7 Å². The van der Waals surface area contributed by atoms with E-state index in [1.165, 1.54) is 25.8 Å². The van der Waals surface area contributed by atoms with E-state index in [1.807, 2.05) is 20.0 Å². The number of nitrogens with zero attached hydrogens (tertiary/aromatic N) is 3. The van der Waals surface area contributed by atoms with Crippen LogP contribution in [0.3, 0.4) is 0 Å². The van der Waals surface area contributed by atoms with Crippen molar-refractivity contribution in [3.05, 3.63) is 39.4 Å². The third-order valence-electron chi connectivity index (χ3n) is 11.5. The van der Waals surface area contributed by atoms with Crippen molar-refractivity contribution in [2.24, 2.45) is 5.92 Å². The highest BCUT2D eigenvalue weighted by atomic mass is 32.2. The number of benzene rings is 2. The molecule has 1 N–H and O–H groups in total. The maximum atomic E-state index is 13.5. The fourth-order valence-corrected chi connectivity index (χ4v) is 11.5. The molecule has 7 aliphatic rings. The average molecular weight is 646 g/mol. The number of likely N-dealkylation sites (N-methyl/N-ethyl adjacent to an activating group) is 1. The lowest BCUT2D eigenvalue weighted by atomic mass is 9.71. The average Bonchev–Trinajstić information content (AvgIpc) is 3.54. The van der Waals surface area contributed by atoms with E-state index in [-0.39, 0.29) is 36.0 Å². The van der Waals surface area contributed by atoms with Crippen molar-refractivity contribution in [2.45, 2.75) is 74.2 Å². The van der Waals surface area contributed by atoms with Crippen molar-refractivity contribution in [1.29, 1.82) is 5.26 Å². The van der Waals surface area contributed by atoms with Crippen LogP contribution in [0.2, 0.25) is 0 Å². The van der Waals surface area contributed by atoms with E-state index in [0.29, 0.717) is 52.3 Å². The van der Waals surface area contributed by atoms with Crippen LogP contribution in [0.25, 0.3) is 0 Å². The van der Waals surface area contributed by atoms with Gasteiger partial charge in [-0.25, -0.2) is 4.79 Å². The molecule has 9 rings (SSSR count). The number of phenolic OH excluding ortho intramolecular Hbond substituents is 1. The molecule has 5 aliphatic heterocycles. The van der Waals surface area contributed by atoms with Crippen molar-refractivity contribution < 1.29 is 43.2 Å². The zero-order valence-electron chi connectivity index (χ0n) is 25.8. The van der Waals surface area contributed by atoms with Crippen LogP contribution in [-0.2, 0) is 36.7 Å². The molecule has 4 bridgehead atoms. The van der Waals surface area contributed by atoms with E-state index in [2.05, 4.69) is 15.9 Å². The van der Waals surface area contributed by atoms with Crippen LogP contribution in [0.4, 0.5) is 0 Å². The number of phenols is 1. The molecule has 3 saturated heterocycles. The van der Waals surface area contributed by atoms with Crippen LogP contribution in [0.15, 0.2) is 6.07 Å². The van der Waals surface area contributed by atoms with Gasteiger partial charge in [-0.3, -0.25) is 19.4 Å². The molecular formula is C33H31N3O9S. The van der Waals surface area contributed by atoms with Crippen LogP contribution in [0.5, 0.6) is 28.7 Å². The van der Waals surface area contributed by atoms with Gasteiger partial charge in [0.05, 0.1) is 35.8 Å². The topological polar surface area (TPSA) is 148 Å². The summed E-state index contributed by atoms with van der Waals surface area (Å²) >= 11 is 1.33. The van der Waals surface area contributed by atoms with Gasteiger partial charge in [0.25, 0.3) is 0 Å². The summed E-state index contributed by atoms with van der Waals surface area (Å²) in [5.41, 5.74) is 1.92. The molecule has 4 fully saturated rings. The molecular weight excluding hydrogens is 614 g/mol. The lowest BCUT2D eigenvalue weighted by Gasteiger charge is -2.62. The minimum absolute atomic E-state index is 0.0400. The summed E-state index contributed by atoms with van der Waals surface area (Å²) in [4.78, 5) is 43.7. The SMILES string of the molecule is COc1c(C)cc2c(c1O)[C@@H]1C3[C@@H]4SCC(=O)C(=O)OC45c4c(OC(C)=O)c(C)c6c(c4C4(CC54)N3[C@@H](C#N)[C@H](C2)N1C)OCO6. The quantitative estimate of drug-likeness (QED) is 0.290. The minimum Gasteiger partial charge on any atom is -0.504 e. The Balaban J connectivity index is 1.40. The molecule has 0 aromatic heterocycles. The second kappa shape index (κ2) is 8.87. The number of aryl methyl sites for hydroxylation is 1. The first-order valence-electron chi connectivity index (χ1n) is 15.3.